The second-order valence-electron chi connectivity index (χ2n) is 7.01. The highest BCUT2D eigenvalue weighted by Crippen LogP contribution is 1.93. The van der Waals surface area contributed by atoms with Gasteiger partial charge in [-0.15, -0.1) is 0 Å². The van der Waals surface area contributed by atoms with Crippen molar-refractivity contribution in [1.82, 2.24) is 10.2 Å². The van der Waals surface area contributed by atoms with Gasteiger partial charge in [-0.1, -0.05) is 0 Å². The number of ketones is 1. The largest absolute Gasteiger partial charge is 0.465 e. The number of carbonyl (C=O) groups is 5. The van der Waals surface area contributed by atoms with Crippen LogP contribution in [0.5, 0.6) is 0 Å². The van der Waals surface area contributed by atoms with Gasteiger partial charge in [0.05, 0.1) is 19.8 Å². The molecule has 0 saturated carbocycles. The Labute approximate surface area is 199 Å². The molecule has 0 aromatic rings. The molecule has 34 heavy (non-hydrogen) atoms. The van der Waals surface area contributed by atoms with E-state index in [0.29, 0.717) is 26.0 Å². The van der Waals surface area contributed by atoms with Gasteiger partial charge in [0.15, 0.2) is 0 Å². The molecule has 0 bridgehead atoms. The molecule has 1 N–H and O–H groups in total. The first-order valence-corrected chi connectivity index (χ1v) is 10.9. The van der Waals surface area contributed by atoms with Crippen molar-refractivity contribution in [2.24, 2.45) is 0 Å². The highest BCUT2D eigenvalue weighted by atomic mass is 16.6. The minimum atomic E-state index is -0.677. The van der Waals surface area contributed by atoms with Crippen molar-refractivity contribution in [3.63, 3.8) is 0 Å². The Morgan fingerprint density at radius 2 is 1.32 bits per heavy atom. The summed E-state index contributed by atoms with van der Waals surface area (Å²) in [6, 6.07) is 0. The molecule has 0 aromatic carbocycles. The zero-order valence-electron chi connectivity index (χ0n) is 20.1. The van der Waals surface area contributed by atoms with Gasteiger partial charge in [-0.2, -0.15) is 0 Å². The summed E-state index contributed by atoms with van der Waals surface area (Å²) in [4.78, 5) is 58.4. The van der Waals surface area contributed by atoms with E-state index >= 15 is 0 Å². The molecule has 0 aliphatic carbocycles. The average Bonchev–Trinajstić information content (AvgIpc) is 2.75. The van der Waals surface area contributed by atoms with Gasteiger partial charge in [-0.25, -0.2) is 14.4 Å². The fourth-order valence-corrected chi connectivity index (χ4v) is 2.36. The summed E-state index contributed by atoms with van der Waals surface area (Å²) in [5, 5.41) is 2.52. The summed E-state index contributed by atoms with van der Waals surface area (Å²) in [5.74, 6) is -1.84. The van der Waals surface area contributed by atoms with Gasteiger partial charge in [-0.05, 0) is 13.3 Å². The van der Waals surface area contributed by atoms with Gasteiger partial charge < -0.3 is 33.7 Å². The van der Waals surface area contributed by atoms with Crippen molar-refractivity contribution in [3.8, 4) is 0 Å². The van der Waals surface area contributed by atoms with Crippen molar-refractivity contribution in [1.29, 1.82) is 0 Å². The quantitative estimate of drug-likeness (QED) is 0.135. The Hall–Kier alpha value is -2.77. The van der Waals surface area contributed by atoms with Gasteiger partial charge >= 0.3 is 24.0 Å². The van der Waals surface area contributed by atoms with Crippen LogP contribution in [0.1, 0.15) is 26.7 Å². The van der Waals surface area contributed by atoms with E-state index in [1.54, 1.807) is 12.0 Å². The summed E-state index contributed by atoms with van der Waals surface area (Å²) in [5.41, 5.74) is 0. The van der Waals surface area contributed by atoms with Crippen molar-refractivity contribution in [3.05, 3.63) is 0 Å². The van der Waals surface area contributed by atoms with E-state index in [4.69, 9.17) is 28.4 Å². The molecule has 0 spiro atoms. The lowest BCUT2D eigenvalue weighted by molar-refractivity contribution is -0.155. The molecule has 1 amide bonds. The minimum absolute atomic E-state index is 0.00179. The lowest BCUT2D eigenvalue weighted by atomic mass is 10.4. The third-order valence-corrected chi connectivity index (χ3v) is 3.85. The summed E-state index contributed by atoms with van der Waals surface area (Å²) in [6.45, 7) is 3.78. The minimum Gasteiger partial charge on any atom is -0.465 e. The fraction of sp³-hybridized carbons (Fsp3) is 0.762. The smallest absolute Gasteiger partial charge is 0.407 e. The van der Waals surface area contributed by atoms with Crippen LogP contribution in [0.2, 0.25) is 0 Å². The molecule has 0 fully saturated rings. The summed E-state index contributed by atoms with van der Waals surface area (Å²) >= 11 is 0. The number of rotatable bonds is 20. The molecule has 13 heteroatoms. The molecule has 13 nitrogen and oxygen atoms in total. The summed E-state index contributed by atoms with van der Waals surface area (Å²) < 4.78 is 29.5. The topological polar surface area (TPSA) is 156 Å². The monoisotopic (exact) mass is 492 g/mol. The van der Waals surface area contributed by atoms with Crippen LogP contribution in [-0.4, -0.2) is 114 Å². The van der Waals surface area contributed by atoms with Crippen LogP contribution in [0.25, 0.3) is 0 Å². The van der Waals surface area contributed by atoms with Crippen molar-refractivity contribution in [2.45, 2.75) is 26.7 Å². The van der Waals surface area contributed by atoms with E-state index in [2.05, 4.69) is 5.32 Å². The number of ether oxygens (including phenoxy) is 6. The van der Waals surface area contributed by atoms with Gasteiger partial charge in [-0.3, -0.25) is 14.5 Å². The van der Waals surface area contributed by atoms with Crippen LogP contribution >= 0.6 is 0 Å². The van der Waals surface area contributed by atoms with Crippen LogP contribution in [-0.2, 0) is 47.6 Å². The Bertz CT molecular complexity index is 628. The molecular weight excluding hydrogens is 456 g/mol. The van der Waals surface area contributed by atoms with Crippen LogP contribution in [0, 0.1) is 0 Å². The van der Waals surface area contributed by atoms with E-state index in [1.807, 2.05) is 0 Å². The Balaban J connectivity index is 3.79. The molecule has 0 atom stereocenters. The van der Waals surface area contributed by atoms with E-state index in [0.717, 1.165) is 0 Å². The maximum atomic E-state index is 11.7. The van der Waals surface area contributed by atoms with Crippen LogP contribution in [0.4, 0.5) is 4.79 Å². The molecule has 196 valence electrons. The second kappa shape index (κ2) is 20.8. The standard InChI is InChI=1S/C21H36N2O11/c1-17(24)14-23(7-12-31-18(2)25)8-13-33-20(27)16-30-15-19(26)32-10-4-6-22-21(28)34-11-5-9-29-3/h4-16H2,1-3H3,(H,22,28). The molecule has 0 rings (SSSR count). The molecule has 0 aromatic heterocycles. The third-order valence-electron chi connectivity index (χ3n) is 3.85. The predicted octanol–water partition coefficient (Wildman–Crippen LogP) is -0.304. The molecule has 0 saturated heterocycles. The number of methoxy groups -OCH3 is 1. The number of alkyl carbamates (subject to hydrolysis) is 1. The number of Topliss-reactive ketones (excluding diaryl/α,β-unsaturated/α-hetero) is 1. The van der Waals surface area contributed by atoms with Crippen molar-refractivity contribution >= 4 is 29.8 Å². The maximum absolute atomic E-state index is 11.7. The predicted molar refractivity (Wildman–Crippen MR) is 117 cm³/mol. The first-order valence-electron chi connectivity index (χ1n) is 10.9. The second-order valence-corrected chi connectivity index (χ2v) is 7.01. The SMILES string of the molecule is COCCCOC(=O)NCCCOC(=O)COCC(=O)OCCN(CCOC(C)=O)CC(C)=O. The van der Waals surface area contributed by atoms with Gasteiger partial charge in [0.1, 0.15) is 32.2 Å². The van der Waals surface area contributed by atoms with Gasteiger partial charge in [0.25, 0.3) is 0 Å². The number of nitrogens with one attached hydrogen (secondary N) is 1. The third kappa shape index (κ3) is 21.1. The molecule has 0 aliphatic rings. The van der Waals surface area contributed by atoms with Crippen LogP contribution in [0.15, 0.2) is 0 Å². The highest BCUT2D eigenvalue weighted by Gasteiger charge is 2.11. The zero-order chi connectivity index (χ0) is 25.6. The zero-order valence-corrected chi connectivity index (χ0v) is 20.1. The van der Waals surface area contributed by atoms with Crippen LogP contribution in [0.3, 0.4) is 0 Å². The molecule has 0 unspecified atom stereocenters. The molecule has 0 radical (unpaired) electrons. The van der Waals surface area contributed by atoms with Crippen molar-refractivity contribution < 1.29 is 52.4 Å². The number of carbonyl (C=O) groups excluding carboxylic acids is 5. The Morgan fingerprint density at radius 1 is 0.735 bits per heavy atom. The average molecular weight is 493 g/mol. The molecule has 0 heterocycles. The number of hydrogen-bond acceptors (Lipinski definition) is 12. The number of nitrogens with zero attached hydrogens (tertiary/aromatic N) is 1. The van der Waals surface area contributed by atoms with Crippen LogP contribution < -0.4 is 5.32 Å². The maximum Gasteiger partial charge on any atom is 0.407 e. The van der Waals surface area contributed by atoms with E-state index in [1.165, 1.54) is 13.8 Å². The Kier molecular flexibility index (Phi) is 19.1. The molecule has 0 aliphatic heterocycles. The summed E-state index contributed by atoms with van der Waals surface area (Å²) in [6.07, 6.45) is 0.429. The number of hydrogen-bond donors (Lipinski definition) is 1. The first kappa shape index (κ1) is 31.2. The van der Waals surface area contributed by atoms with E-state index in [9.17, 15) is 24.0 Å². The fourth-order valence-electron chi connectivity index (χ4n) is 2.36. The van der Waals surface area contributed by atoms with Gasteiger partial charge in [0.2, 0.25) is 0 Å². The summed E-state index contributed by atoms with van der Waals surface area (Å²) in [7, 11) is 1.56. The highest BCUT2D eigenvalue weighted by molar-refractivity contribution is 5.77. The van der Waals surface area contributed by atoms with E-state index < -0.39 is 37.2 Å². The van der Waals surface area contributed by atoms with E-state index in [-0.39, 0.29) is 51.8 Å². The molecular formula is C21H36N2O11. The van der Waals surface area contributed by atoms with Crippen molar-refractivity contribution in [2.75, 3.05) is 79.5 Å². The normalized spacial score (nSPS) is 10.5. The number of esters is 3. The lowest BCUT2D eigenvalue weighted by Gasteiger charge is -2.20. The number of amides is 1. The Morgan fingerprint density at radius 3 is 1.91 bits per heavy atom. The lowest BCUT2D eigenvalue weighted by Crippen LogP contribution is -2.35. The van der Waals surface area contributed by atoms with Gasteiger partial charge in [0, 0.05) is 46.7 Å². The first-order chi connectivity index (χ1) is 16.2.